The van der Waals surface area contributed by atoms with Gasteiger partial charge >= 0.3 is 5.97 Å². The van der Waals surface area contributed by atoms with E-state index >= 15 is 0 Å². The summed E-state index contributed by atoms with van der Waals surface area (Å²) in [5, 5.41) is 9.86. The lowest BCUT2D eigenvalue weighted by atomic mass is 9.87. The number of carbonyl (C=O) groups excluding carboxylic acids is 1. The second-order valence-electron chi connectivity index (χ2n) is 7.35. The Morgan fingerprint density at radius 2 is 1.48 bits per heavy atom. The number of hydrogen-bond donors (Lipinski definition) is 0. The highest BCUT2D eigenvalue weighted by atomic mass is 32.3. The SMILES string of the molecule is C=CC1CC(C#N)(C(=O)OC)CC1(S(=O)(=O)c1ccccc1)S(=O)(=O)c1ccccc1. The molecule has 0 saturated heterocycles. The Morgan fingerprint density at radius 1 is 1.03 bits per heavy atom. The van der Waals surface area contributed by atoms with E-state index in [9.17, 15) is 26.9 Å². The first-order valence-corrected chi connectivity index (χ1v) is 12.3. The van der Waals surface area contributed by atoms with Crippen molar-refractivity contribution in [2.45, 2.75) is 26.7 Å². The van der Waals surface area contributed by atoms with E-state index in [1.165, 1.54) is 54.6 Å². The maximum atomic E-state index is 14.0. The maximum Gasteiger partial charge on any atom is 0.326 e. The highest BCUT2D eigenvalue weighted by Crippen LogP contribution is 2.58. The van der Waals surface area contributed by atoms with Gasteiger partial charge < -0.3 is 4.74 Å². The summed E-state index contributed by atoms with van der Waals surface area (Å²) in [6, 6.07) is 16.1. The fourth-order valence-corrected chi connectivity index (χ4v) is 9.82. The summed E-state index contributed by atoms with van der Waals surface area (Å²) in [5.74, 6) is -2.21. The lowest BCUT2D eigenvalue weighted by Crippen LogP contribution is -2.49. The quantitative estimate of drug-likeness (QED) is 0.481. The summed E-state index contributed by atoms with van der Waals surface area (Å²) in [4.78, 5) is 12.1. The number of benzene rings is 2. The molecule has 1 saturated carbocycles. The Balaban J connectivity index is 2.43. The monoisotopic (exact) mass is 459 g/mol. The third kappa shape index (κ3) is 3.18. The molecule has 0 aromatic heterocycles. The number of nitriles is 1. The molecule has 2 aromatic rings. The van der Waals surface area contributed by atoms with Gasteiger partial charge in [0.1, 0.15) is 0 Å². The Labute approximate surface area is 181 Å². The predicted octanol–water partition coefficient (Wildman–Crippen LogP) is 2.91. The fourth-order valence-electron chi connectivity index (χ4n) is 4.23. The van der Waals surface area contributed by atoms with Crippen LogP contribution in [0.15, 0.2) is 83.1 Å². The molecule has 7 nitrogen and oxygen atoms in total. The van der Waals surface area contributed by atoms with Gasteiger partial charge in [-0.15, -0.1) is 6.58 Å². The number of carbonyl (C=O) groups is 1. The molecule has 1 aliphatic carbocycles. The largest absolute Gasteiger partial charge is 0.468 e. The third-order valence-corrected chi connectivity index (χ3v) is 11.6. The van der Waals surface area contributed by atoms with E-state index in [0.717, 1.165) is 7.11 Å². The molecular weight excluding hydrogens is 438 g/mol. The lowest BCUT2D eigenvalue weighted by molar-refractivity contribution is -0.149. The summed E-state index contributed by atoms with van der Waals surface area (Å²) in [5.41, 5.74) is -1.96. The molecule has 9 heteroatoms. The fraction of sp³-hybridized carbons (Fsp3) is 0.273. The number of sulfone groups is 2. The molecule has 2 unspecified atom stereocenters. The minimum absolute atomic E-state index is 0.222. The molecule has 0 heterocycles. The van der Waals surface area contributed by atoms with Crippen LogP contribution in [0, 0.1) is 22.7 Å². The van der Waals surface area contributed by atoms with Gasteiger partial charge in [-0.3, -0.25) is 4.79 Å². The van der Waals surface area contributed by atoms with Crippen molar-refractivity contribution in [2.75, 3.05) is 7.11 Å². The van der Waals surface area contributed by atoms with Crippen molar-refractivity contribution in [1.82, 2.24) is 0 Å². The van der Waals surface area contributed by atoms with Gasteiger partial charge in [0.25, 0.3) is 0 Å². The first kappa shape index (κ1) is 22.7. The smallest absolute Gasteiger partial charge is 0.326 e. The number of nitrogens with zero attached hydrogens (tertiary/aromatic N) is 1. The van der Waals surface area contributed by atoms with Gasteiger partial charge in [-0.1, -0.05) is 42.5 Å². The van der Waals surface area contributed by atoms with Crippen molar-refractivity contribution in [3.8, 4) is 6.07 Å². The molecule has 3 rings (SSSR count). The molecule has 0 amide bonds. The zero-order valence-corrected chi connectivity index (χ0v) is 18.4. The van der Waals surface area contributed by atoms with Gasteiger partial charge in [-0.25, -0.2) is 16.8 Å². The first-order valence-electron chi connectivity index (χ1n) is 9.34. The minimum atomic E-state index is -4.61. The molecule has 0 aliphatic heterocycles. The molecule has 0 radical (unpaired) electrons. The van der Waals surface area contributed by atoms with E-state index in [-0.39, 0.29) is 16.2 Å². The number of hydrogen-bond acceptors (Lipinski definition) is 7. The van der Waals surface area contributed by atoms with Crippen LogP contribution in [-0.2, 0) is 29.2 Å². The summed E-state index contributed by atoms with van der Waals surface area (Å²) in [6.07, 6.45) is 0.0785. The molecule has 31 heavy (non-hydrogen) atoms. The van der Waals surface area contributed by atoms with Crippen LogP contribution in [0.1, 0.15) is 12.8 Å². The molecule has 0 bridgehead atoms. The van der Waals surface area contributed by atoms with E-state index in [4.69, 9.17) is 4.74 Å². The van der Waals surface area contributed by atoms with E-state index in [1.54, 1.807) is 12.1 Å². The highest BCUT2D eigenvalue weighted by molar-refractivity contribution is 8.10. The average Bonchev–Trinajstić information content (AvgIpc) is 3.18. The number of allylic oxidation sites excluding steroid dienone is 1. The van der Waals surface area contributed by atoms with E-state index in [0.29, 0.717) is 0 Å². The predicted molar refractivity (Wildman–Crippen MR) is 113 cm³/mol. The van der Waals surface area contributed by atoms with Crippen LogP contribution < -0.4 is 0 Å². The normalized spacial score (nSPS) is 22.9. The molecule has 2 atom stereocenters. The van der Waals surface area contributed by atoms with Gasteiger partial charge in [0.15, 0.2) is 29.2 Å². The van der Waals surface area contributed by atoms with Gasteiger partial charge in [-0.2, -0.15) is 5.26 Å². The Kier molecular flexibility index (Phi) is 5.82. The van der Waals surface area contributed by atoms with Gasteiger partial charge in [0.05, 0.1) is 23.0 Å². The molecule has 0 N–H and O–H groups in total. The van der Waals surface area contributed by atoms with Gasteiger partial charge in [-0.05, 0) is 30.7 Å². The van der Waals surface area contributed by atoms with E-state index in [1.807, 2.05) is 6.07 Å². The maximum absolute atomic E-state index is 14.0. The zero-order chi connectivity index (χ0) is 22.9. The van der Waals surface area contributed by atoms with E-state index < -0.39 is 47.5 Å². The summed E-state index contributed by atoms with van der Waals surface area (Å²) < 4.78 is 58.1. The van der Waals surface area contributed by atoms with Crippen LogP contribution in [-0.4, -0.2) is 34.0 Å². The zero-order valence-electron chi connectivity index (χ0n) is 16.8. The number of rotatable bonds is 6. The highest BCUT2D eigenvalue weighted by Gasteiger charge is 2.70. The lowest BCUT2D eigenvalue weighted by Gasteiger charge is -2.33. The minimum Gasteiger partial charge on any atom is -0.468 e. The van der Waals surface area contributed by atoms with Crippen molar-refractivity contribution in [3.63, 3.8) is 0 Å². The van der Waals surface area contributed by atoms with Gasteiger partial charge in [0.2, 0.25) is 0 Å². The molecular formula is C22H21NO6S2. The second-order valence-corrected chi connectivity index (χ2v) is 12.0. The van der Waals surface area contributed by atoms with Crippen LogP contribution in [0.25, 0.3) is 0 Å². The topological polar surface area (TPSA) is 118 Å². The van der Waals surface area contributed by atoms with Crippen LogP contribution >= 0.6 is 0 Å². The molecule has 1 aliphatic rings. The molecule has 2 aromatic carbocycles. The first-order chi connectivity index (χ1) is 14.6. The van der Waals surface area contributed by atoms with Crippen LogP contribution in [0.3, 0.4) is 0 Å². The number of methoxy groups -OCH3 is 1. The average molecular weight is 460 g/mol. The van der Waals surface area contributed by atoms with Crippen molar-refractivity contribution < 1.29 is 26.4 Å². The van der Waals surface area contributed by atoms with Crippen molar-refractivity contribution in [2.24, 2.45) is 11.3 Å². The summed E-state index contributed by atoms with van der Waals surface area (Å²) >= 11 is 0. The van der Waals surface area contributed by atoms with Crippen molar-refractivity contribution >= 4 is 25.6 Å². The number of ether oxygens (including phenoxy) is 1. The molecule has 162 valence electrons. The van der Waals surface area contributed by atoms with Crippen LogP contribution in [0.4, 0.5) is 0 Å². The Hall–Kier alpha value is -2.96. The van der Waals surface area contributed by atoms with Crippen molar-refractivity contribution in [3.05, 3.63) is 73.3 Å². The molecule has 0 spiro atoms. The molecule has 1 fully saturated rings. The summed E-state index contributed by atoms with van der Waals surface area (Å²) in [6.45, 7) is 3.65. The van der Waals surface area contributed by atoms with Crippen molar-refractivity contribution in [1.29, 1.82) is 5.26 Å². The third-order valence-electron chi connectivity index (χ3n) is 5.77. The standard InChI is InChI=1S/C22H21NO6S2/c1-3-17-14-21(16-23,20(24)29-2)15-22(17,30(25,26)18-10-6-4-7-11-18)31(27,28)19-12-8-5-9-13-19/h3-13,17H,1,14-15H2,2H3. The van der Waals surface area contributed by atoms with Crippen LogP contribution in [0.5, 0.6) is 0 Å². The van der Waals surface area contributed by atoms with Crippen LogP contribution in [0.2, 0.25) is 0 Å². The van der Waals surface area contributed by atoms with Gasteiger partial charge in [0, 0.05) is 12.3 Å². The number of esters is 1. The second kappa shape index (κ2) is 7.94. The Morgan fingerprint density at radius 3 is 1.84 bits per heavy atom. The summed E-state index contributed by atoms with van der Waals surface area (Å²) in [7, 11) is -8.15. The Bertz CT molecular complexity index is 1180. The van der Waals surface area contributed by atoms with E-state index in [2.05, 4.69) is 6.58 Å².